The van der Waals surface area contributed by atoms with Crippen molar-refractivity contribution in [3.05, 3.63) is 29.8 Å². The molecule has 0 atom stereocenters. The van der Waals surface area contributed by atoms with E-state index in [9.17, 15) is 8.42 Å². The highest BCUT2D eigenvalue weighted by Gasteiger charge is 2.13. The number of aryl methyl sites for hydroxylation is 1. The molecule has 1 aromatic rings. The fraction of sp³-hybridized carbons (Fsp3) is 0.500. The zero-order valence-corrected chi connectivity index (χ0v) is 12.8. The Balaban J connectivity index is 2.24. The van der Waals surface area contributed by atoms with Crippen molar-refractivity contribution in [1.29, 1.82) is 0 Å². The zero-order valence-electron chi connectivity index (χ0n) is 12.0. The van der Waals surface area contributed by atoms with Crippen molar-refractivity contribution < 1.29 is 12.6 Å². The molecule has 0 fully saturated rings. The van der Waals surface area contributed by atoms with Gasteiger partial charge in [0.25, 0.3) is 10.1 Å². The third-order valence-corrected chi connectivity index (χ3v) is 4.34. The second-order valence-electron chi connectivity index (χ2n) is 4.81. The van der Waals surface area contributed by atoms with E-state index < -0.39 is 10.1 Å². The lowest BCUT2D eigenvalue weighted by molar-refractivity contribution is 0.306. The van der Waals surface area contributed by atoms with Crippen LogP contribution < -0.4 is 0 Å². The van der Waals surface area contributed by atoms with Gasteiger partial charge >= 0.3 is 0 Å². The summed E-state index contributed by atoms with van der Waals surface area (Å²) in [5.74, 6) is 2.61. The molecule has 0 heterocycles. The van der Waals surface area contributed by atoms with Crippen LogP contribution in [0.4, 0.5) is 0 Å². The first-order valence-electron chi connectivity index (χ1n) is 6.96. The topological polar surface area (TPSA) is 43.4 Å². The number of rotatable bonds is 9. The molecule has 3 nitrogen and oxygen atoms in total. The van der Waals surface area contributed by atoms with E-state index >= 15 is 0 Å². The maximum atomic E-state index is 11.9. The van der Waals surface area contributed by atoms with Gasteiger partial charge in [-0.2, -0.15) is 8.42 Å². The molecule has 0 aliphatic heterocycles. The summed E-state index contributed by atoms with van der Waals surface area (Å²) in [6.07, 6.45) is 10.9. The van der Waals surface area contributed by atoms with E-state index in [4.69, 9.17) is 10.6 Å². The fourth-order valence-electron chi connectivity index (χ4n) is 1.80. The largest absolute Gasteiger partial charge is 0.296 e. The molecule has 0 amide bonds. The molecule has 0 bridgehead atoms. The number of terminal acetylenes is 1. The highest BCUT2D eigenvalue weighted by atomic mass is 32.2. The summed E-state index contributed by atoms with van der Waals surface area (Å²) in [5, 5.41) is 0. The van der Waals surface area contributed by atoms with Crippen molar-refractivity contribution in [3.8, 4) is 12.3 Å². The van der Waals surface area contributed by atoms with Crippen molar-refractivity contribution in [2.75, 3.05) is 6.61 Å². The standard InChI is InChI=1S/C16H22O3S/c1-3-4-5-6-7-8-9-14-19-20(17,18)16-12-10-15(2)11-13-16/h1,10-13H,4-9,14H2,2H3. The monoisotopic (exact) mass is 294 g/mol. The van der Waals surface area contributed by atoms with Gasteiger partial charge in [-0.25, -0.2) is 0 Å². The summed E-state index contributed by atoms with van der Waals surface area (Å²) in [4.78, 5) is 0.220. The van der Waals surface area contributed by atoms with E-state index in [1.165, 1.54) is 0 Å². The van der Waals surface area contributed by atoms with Crippen LogP contribution in [0.25, 0.3) is 0 Å². The number of hydrogen-bond acceptors (Lipinski definition) is 3. The molecule has 110 valence electrons. The summed E-state index contributed by atoms with van der Waals surface area (Å²) < 4.78 is 28.8. The Kier molecular flexibility index (Phi) is 7.35. The molecule has 1 aromatic carbocycles. The predicted octanol–water partition coefficient (Wildman–Crippen LogP) is 3.67. The molecule has 1 rings (SSSR count). The van der Waals surface area contributed by atoms with E-state index in [0.29, 0.717) is 0 Å². The summed E-state index contributed by atoms with van der Waals surface area (Å²) in [6, 6.07) is 6.68. The van der Waals surface area contributed by atoms with Gasteiger partial charge in [-0.15, -0.1) is 12.3 Å². The van der Waals surface area contributed by atoms with Gasteiger partial charge in [-0.05, 0) is 31.9 Å². The van der Waals surface area contributed by atoms with Crippen LogP contribution >= 0.6 is 0 Å². The van der Waals surface area contributed by atoms with Gasteiger partial charge in [0, 0.05) is 6.42 Å². The molecule has 0 aliphatic rings. The van der Waals surface area contributed by atoms with Crippen LogP contribution in [0, 0.1) is 19.3 Å². The van der Waals surface area contributed by atoms with Crippen molar-refractivity contribution in [2.45, 2.75) is 50.3 Å². The normalized spacial score (nSPS) is 11.2. The second-order valence-corrected chi connectivity index (χ2v) is 6.43. The van der Waals surface area contributed by atoms with Crippen molar-refractivity contribution in [2.24, 2.45) is 0 Å². The maximum absolute atomic E-state index is 11.9. The zero-order chi connectivity index (χ0) is 14.8. The Morgan fingerprint density at radius 3 is 2.30 bits per heavy atom. The molecule has 20 heavy (non-hydrogen) atoms. The second kappa shape index (κ2) is 8.78. The minimum absolute atomic E-state index is 0.220. The van der Waals surface area contributed by atoms with Crippen LogP contribution in [-0.4, -0.2) is 15.0 Å². The van der Waals surface area contributed by atoms with E-state index in [0.717, 1.165) is 44.1 Å². The Morgan fingerprint density at radius 2 is 1.65 bits per heavy atom. The first kappa shape index (κ1) is 16.7. The highest BCUT2D eigenvalue weighted by Crippen LogP contribution is 2.14. The van der Waals surface area contributed by atoms with Gasteiger partial charge in [0.2, 0.25) is 0 Å². The molecule has 0 radical (unpaired) electrons. The first-order valence-corrected chi connectivity index (χ1v) is 8.36. The van der Waals surface area contributed by atoms with E-state index in [-0.39, 0.29) is 11.5 Å². The van der Waals surface area contributed by atoms with Crippen LogP contribution in [0.3, 0.4) is 0 Å². The van der Waals surface area contributed by atoms with Crippen LogP contribution in [-0.2, 0) is 14.3 Å². The quantitative estimate of drug-likeness (QED) is 0.396. The number of hydrogen-bond donors (Lipinski definition) is 0. The van der Waals surface area contributed by atoms with Gasteiger partial charge in [0.1, 0.15) is 0 Å². The van der Waals surface area contributed by atoms with E-state index in [2.05, 4.69) is 5.92 Å². The Labute approximate surface area is 122 Å². The average molecular weight is 294 g/mol. The molecular formula is C16H22O3S. The van der Waals surface area contributed by atoms with Gasteiger partial charge in [0.05, 0.1) is 11.5 Å². The molecule has 4 heteroatoms. The molecule has 0 saturated carbocycles. The lowest BCUT2D eigenvalue weighted by Gasteiger charge is -2.06. The van der Waals surface area contributed by atoms with Crippen molar-refractivity contribution in [3.63, 3.8) is 0 Å². The first-order chi connectivity index (χ1) is 9.56. The Bertz CT molecular complexity index is 524. The molecule has 0 spiro atoms. The average Bonchev–Trinajstić information content (AvgIpc) is 2.42. The molecule has 0 aliphatic carbocycles. The third kappa shape index (κ3) is 6.23. The Morgan fingerprint density at radius 1 is 1.05 bits per heavy atom. The van der Waals surface area contributed by atoms with Gasteiger partial charge in [0.15, 0.2) is 0 Å². The van der Waals surface area contributed by atoms with Crippen LogP contribution in [0.1, 0.15) is 44.1 Å². The minimum atomic E-state index is -3.60. The lowest BCUT2D eigenvalue weighted by Crippen LogP contribution is -2.07. The van der Waals surface area contributed by atoms with Crippen LogP contribution in [0.5, 0.6) is 0 Å². The summed E-state index contributed by atoms with van der Waals surface area (Å²) in [7, 11) is -3.60. The SMILES string of the molecule is C#CCCCCCCCOS(=O)(=O)c1ccc(C)cc1. The van der Waals surface area contributed by atoms with Gasteiger partial charge < -0.3 is 0 Å². The molecule has 0 aromatic heterocycles. The van der Waals surface area contributed by atoms with E-state index in [1.807, 2.05) is 6.92 Å². The fourth-order valence-corrected chi connectivity index (χ4v) is 2.74. The minimum Gasteiger partial charge on any atom is -0.266 e. The van der Waals surface area contributed by atoms with Crippen LogP contribution in [0.2, 0.25) is 0 Å². The Hall–Kier alpha value is -1.31. The smallest absolute Gasteiger partial charge is 0.266 e. The third-order valence-electron chi connectivity index (χ3n) is 3.01. The van der Waals surface area contributed by atoms with Gasteiger partial charge in [-0.1, -0.05) is 37.0 Å². The maximum Gasteiger partial charge on any atom is 0.296 e. The van der Waals surface area contributed by atoms with Crippen molar-refractivity contribution in [1.82, 2.24) is 0 Å². The van der Waals surface area contributed by atoms with Crippen molar-refractivity contribution >= 4 is 10.1 Å². The van der Waals surface area contributed by atoms with Crippen LogP contribution in [0.15, 0.2) is 29.2 Å². The molecule has 0 N–H and O–H groups in total. The predicted molar refractivity (Wildman–Crippen MR) is 80.9 cm³/mol. The van der Waals surface area contributed by atoms with E-state index in [1.54, 1.807) is 24.3 Å². The lowest BCUT2D eigenvalue weighted by atomic mass is 10.1. The highest BCUT2D eigenvalue weighted by molar-refractivity contribution is 7.86. The summed E-state index contributed by atoms with van der Waals surface area (Å²) in [6.45, 7) is 2.16. The molecule has 0 unspecified atom stereocenters. The summed E-state index contributed by atoms with van der Waals surface area (Å²) >= 11 is 0. The summed E-state index contributed by atoms with van der Waals surface area (Å²) in [5.41, 5.74) is 1.02. The number of unbranched alkanes of at least 4 members (excludes halogenated alkanes) is 5. The molecule has 0 saturated heterocycles. The van der Waals surface area contributed by atoms with Gasteiger partial charge in [-0.3, -0.25) is 4.18 Å². The number of benzene rings is 1. The molecular weight excluding hydrogens is 272 g/mol.